The Kier molecular flexibility index (Phi) is 4.67. The van der Waals surface area contributed by atoms with Crippen molar-refractivity contribution in [1.82, 2.24) is 9.88 Å². The van der Waals surface area contributed by atoms with Gasteiger partial charge in [-0.1, -0.05) is 13.0 Å². The first-order valence-corrected chi connectivity index (χ1v) is 9.74. The molecule has 1 N–H and O–H groups in total. The SMILES string of the molecule is CCC(C)n1cc(C2=CC(c3ccc4c(c3)CC(=O)N4C)=CNC2)ccc1=O. The fraction of sp³-hybridized carbons (Fsp3) is 0.304. The van der Waals surface area contributed by atoms with Crippen LogP contribution in [0.4, 0.5) is 5.69 Å². The number of carbonyl (C=O) groups excluding carboxylic acids is 1. The largest absolute Gasteiger partial charge is 0.386 e. The molecule has 0 bridgehead atoms. The molecule has 0 saturated carbocycles. The van der Waals surface area contributed by atoms with Gasteiger partial charge in [0, 0.05) is 43.8 Å². The molecule has 5 heteroatoms. The highest BCUT2D eigenvalue weighted by atomic mass is 16.2. The van der Waals surface area contributed by atoms with Gasteiger partial charge in [0.1, 0.15) is 0 Å². The summed E-state index contributed by atoms with van der Waals surface area (Å²) in [4.78, 5) is 25.9. The summed E-state index contributed by atoms with van der Waals surface area (Å²) >= 11 is 0. The summed E-state index contributed by atoms with van der Waals surface area (Å²) in [7, 11) is 1.82. The van der Waals surface area contributed by atoms with Gasteiger partial charge in [-0.15, -0.1) is 0 Å². The number of anilines is 1. The molecule has 1 unspecified atom stereocenters. The number of nitrogens with zero attached hydrogens (tertiary/aromatic N) is 2. The molecule has 1 atom stereocenters. The lowest BCUT2D eigenvalue weighted by Crippen LogP contribution is -2.23. The molecule has 0 aliphatic carbocycles. The van der Waals surface area contributed by atoms with Crippen LogP contribution in [0.1, 0.15) is 43.0 Å². The zero-order valence-corrected chi connectivity index (χ0v) is 16.5. The number of benzene rings is 1. The fourth-order valence-corrected chi connectivity index (χ4v) is 3.79. The van der Waals surface area contributed by atoms with E-state index in [1.807, 2.05) is 36.1 Å². The molecule has 0 spiro atoms. The molecule has 144 valence electrons. The van der Waals surface area contributed by atoms with Gasteiger partial charge in [0.15, 0.2) is 0 Å². The number of aromatic nitrogens is 1. The standard InChI is InChI=1S/C23H25N3O2/c1-4-15(2)26-14-17(6-8-22(26)27)20-10-19(12-24-13-20)16-5-7-21-18(9-16)11-23(28)25(21)3/h5-10,12,14-15,24H,4,11,13H2,1-3H3. The lowest BCUT2D eigenvalue weighted by Gasteiger charge is -2.19. The summed E-state index contributed by atoms with van der Waals surface area (Å²) in [5.41, 5.74) is 6.44. The highest BCUT2D eigenvalue weighted by Crippen LogP contribution is 2.32. The van der Waals surface area contributed by atoms with Crippen molar-refractivity contribution in [1.29, 1.82) is 0 Å². The number of likely N-dealkylation sites (N-methyl/N-ethyl adjacent to an activating group) is 1. The second kappa shape index (κ2) is 7.15. The van der Waals surface area contributed by atoms with Crippen LogP contribution in [0.3, 0.4) is 0 Å². The summed E-state index contributed by atoms with van der Waals surface area (Å²) in [6.07, 6.45) is 7.50. The fourth-order valence-electron chi connectivity index (χ4n) is 3.79. The number of hydrogen-bond donors (Lipinski definition) is 1. The van der Waals surface area contributed by atoms with Crippen LogP contribution in [-0.2, 0) is 11.2 Å². The van der Waals surface area contributed by atoms with Crippen LogP contribution in [0.25, 0.3) is 11.1 Å². The van der Waals surface area contributed by atoms with E-state index in [4.69, 9.17) is 0 Å². The van der Waals surface area contributed by atoms with Gasteiger partial charge in [0.2, 0.25) is 5.91 Å². The third-order valence-corrected chi connectivity index (χ3v) is 5.74. The smallest absolute Gasteiger partial charge is 0.250 e. The van der Waals surface area contributed by atoms with Gasteiger partial charge in [-0.05, 0) is 65.5 Å². The highest BCUT2D eigenvalue weighted by molar-refractivity contribution is 6.01. The van der Waals surface area contributed by atoms with E-state index in [0.717, 1.165) is 39.9 Å². The van der Waals surface area contributed by atoms with Crippen molar-refractivity contribution in [3.63, 3.8) is 0 Å². The number of dihydropyridines is 1. The first kappa shape index (κ1) is 18.3. The summed E-state index contributed by atoms with van der Waals surface area (Å²) in [5, 5.41) is 3.35. The molecule has 0 radical (unpaired) electrons. The number of allylic oxidation sites excluding steroid dienone is 2. The predicted molar refractivity (Wildman–Crippen MR) is 113 cm³/mol. The molecule has 0 saturated heterocycles. The third kappa shape index (κ3) is 3.17. The Morgan fingerprint density at radius 2 is 1.93 bits per heavy atom. The van der Waals surface area contributed by atoms with Crippen molar-refractivity contribution in [2.24, 2.45) is 0 Å². The van der Waals surface area contributed by atoms with Crippen molar-refractivity contribution < 1.29 is 4.79 Å². The lowest BCUT2D eigenvalue weighted by molar-refractivity contribution is -0.117. The normalized spacial score (nSPS) is 17.0. The predicted octanol–water partition coefficient (Wildman–Crippen LogP) is 3.37. The van der Waals surface area contributed by atoms with E-state index in [-0.39, 0.29) is 17.5 Å². The monoisotopic (exact) mass is 375 g/mol. The van der Waals surface area contributed by atoms with Gasteiger partial charge in [0.25, 0.3) is 5.56 Å². The number of fused-ring (bicyclic) bond motifs is 1. The quantitative estimate of drug-likeness (QED) is 0.891. The van der Waals surface area contributed by atoms with Crippen molar-refractivity contribution in [2.75, 3.05) is 18.5 Å². The van der Waals surface area contributed by atoms with Crippen molar-refractivity contribution in [2.45, 2.75) is 32.7 Å². The number of amides is 1. The summed E-state index contributed by atoms with van der Waals surface area (Å²) in [6.45, 7) is 4.86. The molecular weight excluding hydrogens is 350 g/mol. The second-order valence-corrected chi connectivity index (χ2v) is 7.54. The van der Waals surface area contributed by atoms with Crippen LogP contribution in [0, 0.1) is 0 Å². The van der Waals surface area contributed by atoms with Crippen molar-refractivity contribution >= 4 is 22.7 Å². The summed E-state index contributed by atoms with van der Waals surface area (Å²) < 4.78 is 1.81. The van der Waals surface area contributed by atoms with Crippen LogP contribution in [0.5, 0.6) is 0 Å². The first-order valence-electron chi connectivity index (χ1n) is 9.74. The zero-order valence-electron chi connectivity index (χ0n) is 16.5. The molecule has 2 aliphatic heterocycles. The Hall–Kier alpha value is -3.08. The number of pyridine rings is 1. The van der Waals surface area contributed by atoms with E-state index in [1.54, 1.807) is 11.0 Å². The van der Waals surface area contributed by atoms with Gasteiger partial charge in [-0.2, -0.15) is 0 Å². The Bertz CT molecular complexity index is 1060. The average Bonchev–Trinajstić information content (AvgIpc) is 3.01. The van der Waals surface area contributed by atoms with Crippen molar-refractivity contribution in [3.8, 4) is 0 Å². The molecule has 2 aromatic rings. The minimum atomic E-state index is 0.0330. The molecule has 3 heterocycles. The van der Waals surface area contributed by atoms with E-state index in [2.05, 4.69) is 37.4 Å². The molecule has 4 rings (SSSR count). The highest BCUT2D eigenvalue weighted by Gasteiger charge is 2.24. The Morgan fingerprint density at radius 1 is 1.14 bits per heavy atom. The Morgan fingerprint density at radius 3 is 2.71 bits per heavy atom. The maximum atomic E-state index is 12.2. The van der Waals surface area contributed by atoms with Crippen LogP contribution in [0.2, 0.25) is 0 Å². The minimum absolute atomic E-state index is 0.0330. The molecule has 28 heavy (non-hydrogen) atoms. The second-order valence-electron chi connectivity index (χ2n) is 7.54. The maximum absolute atomic E-state index is 12.2. The number of carbonyl (C=O) groups is 1. The third-order valence-electron chi connectivity index (χ3n) is 5.74. The van der Waals surface area contributed by atoms with Crippen molar-refractivity contribution in [3.05, 3.63) is 75.8 Å². The van der Waals surface area contributed by atoms with E-state index >= 15 is 0 Å². The molecule has 1 aromatic carbocycles. The van der Waals surface area contributed by atoms with E-state index in [0.29, 0.717) is 13.0 Å². The van der Waals surface area contributed by atoms with E-state index in [9.17, 15) is 9.59 Å². The van der Waals surface area contributed by atoms with Crippen LogP contribution >= 0.6 is 0 Å². The number of rotatable bonds is 4. The summed E-state index contributed by atoms with van der Waals surface area (Å²) in [5.74, 6) is 0.131. The minimum Gasteiger partial charge on any atom is -0.386 e. The van der Waals surface area contributed by atoms with Crippen LogP contribution in [0.15, 0.2) is 53.6 Å². The van der Waals surface area contributed by atoms with Gasteiger partial charge in [-0.3, -0.25) is 9.59 Å². The van der Waals surface area contributed by atoms with Crippen LogP contribution in [-0.4, -0.2) is 24.1 Å². The van der Waals surface area contributed by atoms with E-state index in [1.165, 1.54) is 0 Å². The lowest BCUT2D eigenvalue weighted by atomic mass is 9.96. The number of hydrogen-bond acceptors (Lipinski definition) is 3. The zero-order chi connectivity index (χ0) is 19.8. The number of nitrogens with one attached hydrogen (secondary N) is 1. The Labute approximate surface area is 165 Å². The Balaban J connectivity index is 1.68. The van der Waals surface area contributed by atoms with Gasteiger partial charge < -0.3 is 14.8 Å². The first-order chi connectivity index (χ1) is 13.5. The topological polar surface area (TPSA) is 54.3 Å². The van der Waals surface area contributed by atoms with Gasteiger partial charge >= 0.3 is 0 Å². The van der Waals surface area contributed by atoms with Gasteiger partial charge in [0.05, 0.1) is 6.42 Å². The molecule has 2 aliphatic rings. The molecule has 0 fully saturated rings. The summed E-state index contributed by atoms with van der Waals surface area (Å²) in [6, 6.07) is 9.89. The molecular formula is C23H25N3O2. The molecule has 1 aromatic heterocycles. The van der Waals surface area contributed by atoms with Crippen LogP contribution < -0.4 is 15.8 Å². The van der Waals surface area contributed by atoms with Gasteiger partial charge in [-0.25, -0.2) is 0 Å². The van der Waals surface area contributed by atoms with E-state index < -0.39 is 0 Å². The maximum Gasteiger partial charge on any atom is 0.250 e. The molecule has 5 nitrogen and oxygen atoms in total. The molecule has 1 amide bonds. The average molecular weight is 375 g/mol.